The minimum absolute atomic E-state index is 0.131. The topological polar surface area (TPSA) is 109 Å². The fraction of sp³-hybridized carbons (Fsp3) is 0.200. The molecule has 1 aromatic carbocycles. The first-order chi connectivity index (χ1) is 7.61. The second kappa shape index (κ2) is 5.59. The van der Waals surface area contributed by atoms with Gasteiger partial charge in [-0.25, -0.2) is 0 Å². The molecule has 0 aromatic heterocycles. The summed E-state index contributed by atoms with van der Waals surface area (Å²) in [6.07, 6.45) is 0. The van der Waals surface area contributed by atoms with E-state index in [9.17, 15) is 0 Å². The van der Waals surface area contributed by atoms with E-state index >= 15 is 0 Å². The highest BCUT2D eigenvalue weighted by Crippen LogP contribution is 2.13. The van der Waals surface area contributed by atoms with Crippen molar-refractivity contribution in [3.8, 4) is 5.75 Å². The largest absolute Gasteiger partial charge is 0.508 e. The van der Waals surface area contributed by atoms with Crippen LogP contribution in [0.3, 0.4) is 0 Å². The van der Waals surface area contributed by atoms with Gasteiger partial charge >= 0.3 is 0 Å². The molecule has 0 radical (unpaired) electrons. The van der Waals surface area contributed by atoms with Crippen LogP contribution in [-0.4, -0.2) is 23.6 Å². The highest BCUT2D eigenvalue weighted by Gasteiger charge is 1.96. The smallest absolute Gasteiger partial charge is 0.218 e. The molecular formula is C10H15N5O. The number of rotatable bonds is 2. The van der Waals surface area contributed by atoms with Crippen molar-refractivity contribution in [2.24, 2.45) is 21.5 Å². The summed E-state index contributed by atoms with van der Waals surface area (Å²) in [6.45, 7) is 2.41. The number of aliphatic imine (C=N–C) groups is 2. The van der Waals surface area contributed by atoms with Crippen molar-refractivity contribution in [1.29, 1.82) is 0 Å². The predicted octanol–water partition coefficient (Wildman–Crippen LogP) is 0.453. The van der Waals surface area contributed by atoms with Gasteiger partial charge in [0.05, 0.1) is 0 Å². The fourth-order valence-electron chi connectivity index (χ4n) is 1.04. The molecule has 0 heterocycles. The van der Waals surface area contributed by atoms with Crippen LogP contribution in [0.25, 0.3) is 0 Å². The third kappa shape index (κ3) is 3.87. The summed E-state index contributed by atoms with van der Waals surface area (Å²) in [5, 5.41) is 11.9. The molecule has 0 fully saturated rings. The van der Waals surface area contributed by atoms with Crippen molar-refractivity contribution in [3.05, 3.63) is 24.3 Å². The molecule has 0 unspecified atom stereocenters. The molecule has 0 aliphatic heterocycles. The van der Waals surface area contributed by atoms with Gasteiger partial charge < -0.3 is 21.9 Å². The number of phenols is 1. The highest BCUT2D eigenvalue weighted by atomic mass is 16.3. The number of nitrogens with one attached hydrogen (secondary N) is 1. The Morgan fingerprint density at radius 1 is 1.31 bits per heavy atom. The molecule has 6 N–H and O–H groups in total. The van der Waals surface area contributed by atoms with E-state index in [1.54, 1.807) is 24.3 Å². The fourth-order valence-corrected chi connectivity index (χ4v) is 1.04. The van der Waals surface area contributed by atoms with Crippen molar-refractivity contribution in [1.82, 2.24) is 0 Å². The Balaban J connectivity index is 2.67. The van der Waals surface area contributed by atoms with Crippen molar-refractivity contribution < 1.29 is 5.11 Å². The van der Waals surface area contributed by atoms with E-state index < -0.39 is 0 Å². The Morgan fingerprint density at radius 2 is 1.94 bits per heavy atom. The lowest BCUT2D eigenvalue weighted by atomic mass is 10.3. The number of nitrogens with zero attached hydrogens (tertiary/aromatic N) is 2. The number of anilines is 1. The number of phenolic OH excluding ortho intramolecular Hbond substituents is 1. The Labute approximate surface area is 93.7 Å². The van der Waals surface area contributed by atoms with E-state index in [4.69, 9.17) is 16.6 Å². The van der Waals surface area contributed by atoms with Crippen LogP contribution in [0, 0.1) is 0 Å². The van der Waals surface area contributed by atoms with Gasteiger partial charge in [-0.2, -0.15) is 4.99 Å². The molecule has 0 saturated heterocycles. The number of nitrogens with two attached hydrogens (primary N) is 2. The summed E-state index contributed by atoms with van der Waals surface area (Å²) in [4.78, 5) is 7.70. The lowest BCUT2D eigenvalue weighted by molar-refractivity contribution is 0.475. The summed E-state index contributed by atoms with van der Waals surface area (Å²) >= 11 is 0. The summed E-state index contributed by atoms with van der Waals surface area (Å²) in [7, 11) is 0. The molecule has 6 heteroatoms. The van der Waals surface area contributed by atoms with Crippen molar-refractivity contribution >= 4 is 17.6 Å². The van der Waals surface area contributed by atoms with Gasteiger partial charge in [-0.3, -0.25) is 4.99 Å². The zero-order valence-corrected chi connectivity index (χ0v) is 9.01. The van der Waals surface area contributed by atoms with Crippen LogP contribution >= 0.6 is 0 Å². The molecule has 0 spiro atoms. The van der Waals surface area contributed by atoms with Crippen molar-refractivity contribution in [3.63, 3.8) is 0 Å². The van der Waals surface area contributed by atoms with Crippen LogP contribution in [-0.2, 0) is 0 Å². The van der Waals surface area contributed by atoms with Crippen LogP contribution in [0.1, 0.15) is 6.92 Å². The first-order valence-electron chi connectivity index (χ1n) is 4.82. The first kappa shape index (κ1) is 11.8. The van der Waals surface area contributed by atoms with Crippen molar-refractivity contribution in [2.45, 2.75) is 6.92 Å². The Kier molecular flexibility index (Phi) is 4.14. The lowest BCUT2D eigenvalue weighted by Gasteiger charge is -2.04. The Morgan fingerprint density at radius 3 is 2.50 bits per heavy atom. The van der Waals surface area contributed by atoms with Crippen LogP contribution in [0.2, 0.25) is 0 Å². The zero-order chi connectivity index (χ0) is 12.0. The van der Waals surface area contributed by atoms with E-state index in [-0.39, 0.29) is 17.7 Å². The first-order valence-corrected chi connectivity index (χ1v) is 4.82. The number of hydrogen-bond acceptors (Lipinski definition) is 2. The molecule has 0 aliphatic carbocycles. The van der Waals surface area contributed by atoms with Gasteiger partial charge in [-0.05, 0) is 31.2 Å². The number of hydrogen-bond donors (Lipinski definition) is 4. The maximum Gasteiger partial charge on any atom is 0.218 e. The number of benzene rings is 1. The van der Waals surface area contributed by atoms with Gasteiger partial charge in [-0.15, -0.1) is 0 Å². The molecule has 86 valence electrons. The maximum absolute atomic E-state index is 9.08. The molecule has 0 saturated carbocycles. The summed E-state index contributed by atoms with van der Waals surface area (Å²) in [5.41, 5.74) is 11.8. The normalized spacial score (nSPS) is 12.6. The third-order valence-electron chi connectivity index (χ3n) is 1.69. The lowest BCUT2D eigenvalue weighted by Crippen LogP contribution is -2.26. The molecule has 16 heavy (non-hydrogen) atoms. The predicted molar refractivity (Wildman–Crippen MR) is 65.5 cm³/mol. The van der Waals surface area contributed by atoms with Gasteiger partial charge in [0, 0.05) is 12.2 Å². The van der Waals surface area contributed by atoms with Gasteiger partial charge in [0.15, 0.2) is 0 Å². The Hall–Kier alpha value is -2.24. The standard InChI is InChI=1S/C10H15N5O/c1-2-13-9(11)15-10(12)14-7-3-5-8(16)6-4-7/h3-6,16H,2H2,1H3,(H5,11,12,13,14,15). The average Bonchev–Trinajstić information content (AvgIpc) is 2.21. The van der Waals surface area contributed by atoms with Gasteiger partial charge in [0.2, 0.25) is 11.9 Å². The van der Waals surface area contributed by atoms with E-state index in [2.05, 4.69) is 15.3 Å². The number of guanidine groups is 2. The molecule has 0 atom stereocenters. The monoisotopic (exact) mass is 221 g/mol. The van der Waals surface area contributed by atoms with Gasteiger partial charge in [-0.1, -0.05) is 0 Å². The zero-order valence-electron chi connectivity index (χ0n) is 9.01. The molecular weight excluding hydrogens is 206 g/mol. The second-order valence-corrected chi connectivity index (χ2v) is 3.00. The van der Waals surface area contributed by atoms with Crippen LogP contribution in [0.5, 0.6) is 5.75 Å². The van der Waals surface area contributed by atoms with Crippen LogP contribution < -0.4 is 16.8 Å². The molecule has 1 aromatic rings. The Bertz CT molecular complexity index is 396. The summed E-state index contributed by atoms with van der Waals surface area (Å²) in [5.74, 6) is 0.472. The SMILES string of the molecule is CCN=C(N)N=C(N)Nc1ccc(O)cc1. The highest BCUT2D eigenvalue weighted by molar-refractivity contribution is 6.00. The molecule has 1 rings (SSSR count). The van der Waals surface area contributed by atoms with Crippen LogP contribution in [0.4, 0.5) is 5.69 Å². The molecule has 0 aliphatic rings. The van der Waals surface area contributed by atoms with E-state index in [1.807, 2.05) is 6.92 Å². The van der Waals surface area contributed by atoms with Crippen molar-refractivity contribution in [2.75, 3.05) is 11.9 Å². The van der Waals surface area contributed by atoms with E-state index in [1.165, 1.54) is 0 Å². The molecule has 0 bridgehead atoms. The van der Waals surface area contributed by atoms with Crippen LogP contribution in [0.15, 0.2) is 34.3 Å². The third-order valence-corrected chi connectivity index (χ3v) is 1.69. The summed E-state index contributed by atoms with van der Waals surface area (Å²) in [6, 6.07) is 6.42. The minimum atomic E-state index is 0.131. The number of aromatic hydroxyl groups is 1. The molecule has 0 amide bonds. The second-order valence-electron chi connectivity index (χ2n) is 3.00. The van der Waals surface area contributed by atoms with E-state index in [0.29, 0.717) is 12.2 Å². The quantitative estimate of drug-likeness (QED) is 0.330. The minimum Gasteiger partial charge on any atom is -0.508 e. The van der Waals surface area contributed by atoms with Gasteiger partial charge in [0.1, 0.15) is 5.75 Å². The van der Waals surface area contributed by atoms with E-state index in [0.717, 1.165) is 0 Å². The van der Waals surface area contributed by atoms with Gasteiger partial charge in [0.25, 0.3) is 0 Å². The average molecular weight is 221 g/mol. The maximum atomic E-state index is 9.08. The summed E-state index contributed by atoms with van der Waals surface area (Å²) < 4.78 is 0. The molecule has 6 nitrogen and oxygen atoms in total.